The van der Waals surface area contributed by atoms with Crippen molar-refractivity contribution in [2.45, 2.75) is 12.8 Å². The van der Waals surface area contributed by atoms with Gasteiger partial charge in [-0.25, -0.2) is 4.39 Å². The summed E-state index contributed by atoms with van der Waals surface area (Å²) in [6.07, 6.45) is -3.73. The lowest BCUT2D eigenvalue weighted by molar-refractivity contribution is -0.114. The molecule has 1 amide bonds. The molecule has 0 aliphatic carbocycles. The van der Waals surface area contributed by atoms with Gasteiger partial charge in [0, 0.05) is 14.7 Å². The molecule has 0 bridgehead atoms. The van der Waals surface area contributed by atoms with Gasteiger partial charge in [0.05, 0.1) is 14.8 Å². The van der Waals surface area contributed by atoms with Gasteiger partial charge in [0.1, 0.15) is 18.2 Å². The maximum atomic E-state index is 14.0. The molecule has 0 saturated carbocycles. The number of ether oxygens (including phenoxy) is 1. The second-order valence-corrected chi connectivity index (χ2v) is 9.55. The standard InChI is InChI=1S/C24H14F4I2N2O2/c25-19-9-5-4-6-14(19)13-34-21-15(10-16(29)12-20(21)30)11-18-22(24(26,27)28)31-32(23(18)33)17-7-2-1-3-8-17/h1-12H,13H2/b18-11-. The molecule has 174 valence electrons. The van der Waals surface area contributed by atoms with E-state index in [1.54, 1.807) is 48.5 Å². The number of hydrazone groups is 1. The van der Waals surface area contributed by atoms with Crippen molar-refractivity contribution >= 4 is 68.6 Å². The van der Waals surface area contributed by atoms with Gasteiger partial charge in [-0.1, -0.05) is 36.4 Å². The van der Waals surface area contributed by atoms with Crippen LogP contribution in [0.25, 0.3) is 6.08 Å². The Morgan fingerprint density at radius 1 is 1.00 bits per heavy atom. The third kappa shape index (κ3) is 5.27. The molecule has 1 heterocycles. The molecule has 0 aromatic heterocycles. The van der Waals surface area contributed by atoms with E-state index in [4.69, 9.17) is 4.74 Å². The maximum Gasteiger partial charge on any atom is 0.435 e. The van der Waals surface area contributed by atoms with Crippen LogP contribution in [-0.4, -0.2) is 17.8 Å². The van der Waals surface area contributed by atoms with Crippen molar-refractivity contribution < 1.29 is 27.1 Å². The number of alkyl halides is 3. The van der Waals surface area contributed by atoms with Crippen molar-refractivity contribution in [2.75, 3.05) is 5.01 Å². The molecule has 0 atom stereocenters. The molecule has 3 aromatic rings. The number of carbonyl (C=O) groups excluding carboxylic acids is 1. The zero-order valence-electron chi connectivity index (χ0n) is 17.1. The predicted molar refractivity (Wildman–Crippen MR) is 138 cm³/mol. The van der Waals surface area contributed by atoms with E-state index in [2.05, 4.69) is 5.10 Å². The number of rotatable bonds is 5. The summed E-state index contributed by atoms with van der Waals surface area (Å²) < 4.78 is 62.7. The summed E-state index contributed by atoms with van der Waals surface area (Å²) in [4.78, 5) is 13.0. The molecule has 10 heteroatoms. The highest BCUT2D eigenvalue weighted by Gasteiger charge is 2.47. The quantitative estimate of drug-likeness (QED) is 0.165. The Morgan fingerprint density at radius 2 is 1.68 bits per heavy atom. The van der Waals surface area contributed by atoms with E-state index in [0.29, 0.717) is 9.13 Å². The second kappa shape index (κ2) is 10.0. The molecular weight excluding hydrogens is 678 g/mol. The summed E-state index contributed by atoms with van der Waals surface area (Å²) in [6.45, 7) is -0.135. The molecule has 0 spiro atoms. The lowest BCUT2D eigenvalue weighted by atomic mass is 10.0. The Balaban J connectivity index is 1.77. The molecule has 4 nitrogen and oxygen atoms in total. The van der Waals surface area contributed by atoms with E-state index in [9.17, 15) is 22.4 Å². The fourth-order valence-electron chi connectivity index (χ4n) is 3.26. The lowest BCUT2D eigenvalue weighted by Gasteiger charge is -2.14. The third-order valence-corrected chi connectivity index (χ3v) is 6.24. The van der Waals surface area contributed by atoms with Gasteiger partial charge < -0.3 is 4.74 Å². The van der Waals surface area contributed by atoms with Gasteiger partial charge in [-0.3, -0.25) is 4.79 Å². The Hall–Kier alpha value is -2.48. The molecule has 3 aromatic carbocycles. The first-order valence-corrected chi connectivity index (χ1v) is 11.9. The van der Waals surface area contributed by atoms with Crippen molar-refractivity contribution in [2.24, 2.45) is 5.10 Å². The third-order valence-electron chi connectivity index (χ3n) is 4.81. The van der Waals surface area contributed by atoms with Crippen LogP contribution in [0.1, 0.15) is 11.1 Å². The van der Waals surface area contributed by atoms with Crippen molar-refractivity contribution in [3.05, 3.63) is 96.4 Å². The molecule has 0 N–H and O–H groups in total. The van der Waals surface area contributed by atoms with Crippen LogP contribution in [-0.2, 0) is 11.4 Å². The van der Waals surface area contributed by atoms with E-state index >= 15 is 0 Å². The summed E-state index contributed by atoms with van der Waals surface area (Å²) in [7, 11) is 0. The van der Waals surface area contributed by atoms with E-state index < -0.39 is 29.2 Å². The average molecular weight is 692 g/mol. The highest BCUT2D eigenvalue weighted by molar-refractivity contribution is 14.1. The number of hydrogen-bond donors (Lipinski definition) is 0. The van der Waals surface area contributed by atoms with Gasteiger partial charge in [0.25, 0.3) is 5.91 Å². The van der Waals surface area contributed by atoms with Gasteiger partial charge >= 0.3 is 6.18 Å². The molecule has 0 unspecified atom stereocenters. The minimum atomic E-state index is -4.85. The van der Waals surface area contributed by atoms with Crippen LogP contribution in [0.2, 0.25) is 0 Å². The average Bonchev–Trinajstić information content (AvgIpc) is 3.11. The first-order valence-electron chi connectivity index (χ1n) is 9.78. The summed E-state index contributed by atoms with van der Waals surface area (Å²) in [6, 6.07) is 17.3. The maximum absolute atomic E-state index is 14.0. The lowest BCUT2D eigenvalue weighted by Crippen LogP contribution is -2.25. The summed E-state index contributed by atoms with van der Waals surface area (Å²) >= 11 is 4.01. The summed E-state index contributed by atoms with van der Waals surface area (Å²) in [5.74, 6) is -1.13. The number of para-hydroxylation sites is 1. The van der Waals surface area contributed by atoms with Crippen LogP contribution >= 0.6 is 45.2 Å². The van der Waals surface area contributed by atoms with Crippen molar-refractivity contribution in [3.8, 4) is 5.75 Å². The van der Waals surface area contributed by atoms with E-state index in [0.717, 1.165) is 14.7 Å². The van der Waals surface area contributed by atoms with Crippen LogP contribution in [0.3, 0.4) is 0 Å². The van der Waals surface area contributed by atoms with Gasteiger partial charge in [-0.05, 0) is 81.6 Å². The molecule has 0 radical (unpaired) electrons. The van der Waals surface area contributed by atoms with Crippen LogP contribution in [0.4, 0.5) is 23.2 Å². The predicted octanol–water partition coefficient (Wildman–Crippen LogP) is 6.96. The van der Waals surface area contributed by atoms with E-state index in [1.165, 1.54) is 18.2 Å². The van der Waals surface area contributed by atoms with Gasteiger partial charge in [0.15, 0.2) is 5.71 Å². The first kappa shape index (κ1) is 24.6. The Morgan fingerprint density at radius 3 is 2.35 bits per heavy atom. The molecule has 0 saturated heterocycles. The Bertz CT molecular complexity index is 1310. The van der Waals surface area contributed by atoms with Crippen LogP contribution < -0.4 is 9.75 Å². The van der Waals surface area contributed by atoms with Gasteiger partial charge in [-0.15, -0.1) is 0 Å². The Kier molecular flexibility index (Phi) is 7.26. The number of carbonyl (C=O) groups is 1. The number of hydrogen-bond acceptors (Lipinski definition) is 3. The summed E-state index contributed by atoms with van der Waals surface area (Å²) in [5, 5.41) is 4.31. The number of amides is 1. The van der Waals surface area contributed by atoms with Crippen molar-refractivity contribution in [3.63, 3.8) is 0 Å². The number of anilines is 1. The van der Waals surface area contributed by atoms with Crippen LogP contribution in [0.15, 0.2) is 77.4 Å². The monoisotopic (exact) mass is 692 g/mol. The topological polar surface area (TPSA) is 41.9 Å². The SMILES string of the molecule is O=C1/C(=C\c2cc(I)cc(I)c2OCc2ccccc2F)C(C(F)(F)F)=NN1c1ccccc1. The van der Waals surface area contributed by atoms with Crippen molar-refractivity contribution in [1.82, 2.24) is 0 Å². The largest absolute Gasteiger partial charge is 0.487 e. The normalized spacial score (nSPS) is 15.1. The van der Waals surface area contributed by atoms with Crippen LogP contribution in [0, 0.1) is 13.0 Å². The molecule has 0 fully saturated rings. The number of halogens is 6. The molecule has 4 rings (SSSR count). The number of benzene rings is 3. The molecule has 1 aliphatic rings. The Labute approximate surface area is 219 Å². The van der Waals surface area contributed by atoms with Crippen molar-refractivity contribution in [1.29, 1.82) is 0 Å². The molecule has 34 heavy (non-hydrogen) atoms. The molecule has 1 aliphatic heterocycles. The van der Waals surface area contributed by atoms with E-state index in [-0.39, 0.29) is 23.6 Å². The first-order chi connectivity index (χ1) is 16.1. The molecular formula is C24H14F4I2N2O2. The van der Waals surface area contributed by atoms with Gasteiger partial charge in [-0.2, -0.15) is 23.3 Å². The minimum absolute atomic E-state index is 0.135. The second-order valence-electron chi connectivity index (χ2n) is 7.14. The van der Waals surface area contributed by atoms with Gasteiger partial charge in [0.2, 0.25) is 0 Å². The highest BCUT2D eigenvalue weighted by atomic mass is 127. The fraction of sp³-hybridized carbons (Fsp3) is 0.0833. The summed E-state index contributed by atoms with van der Waals surface area (Å²) in [5.41, 5.74) is -1.14. The van der Waals surface area contributed by atoms with E-state index in [1.807, 2.05) is 45.2 Å². The fourth-order valence-corrected chi connectivity index (χ4v) is 5.30. The zero-order valence-corrected chi connectivity index (χ0v) is 21.4. The minimum Gasteiger partial charge on any atom is -0.487 e. The number of nitrogens with zero attached hydrogens (tertiary/aromatic N) is 2. The zero-order chi connectivity index (χ0) is 24.5. The highest BCUT2D eigenvalue weighted by Crippen LogP contribution is 2.36. The van der Waals surface area contributed by atoms with Crippen LogP contribution in [0.5, 0.6) is 5.75 Å². The smallest absolute Gasteiger partial charge is 0.435 e.